The van der Waals surface area contributed by atoms with Crippen LogP contribution in [0.1, 0.15) is 0 Å². The van der Waals surface area contributed by atoms with Gasteiger partial charge in [0.25, 0.3) is 0 Å². The summed E-state index contributed by atoms with van der Waals surface area (Å²) in [6.45, 7) is 0. The van der Waals surface area contributed by atoms with Gasteiger partial charge in [-0.05, 0) is 75.8 Å². The molecule has 262 valence electrons. The van der Waals surface area contributed by atoms with E-state index in [2.05, 4.69) is 146 Å². The van der Waals surface area contributed by atoms with E-state index in [1.165, 1.54) is 36.9 Å². The van der Waals surface area contributed by atoms with Crippen molar-refractivity contribution in [1.29, 1.82) is 0 Å². The Hall–Kier alpha value is -7.21. The van der Waals surface area contributed by atoms with Gasteiger partial charge in [0, 0.05) is 47.6 Å². The Bertz CT molecular complexity index is 3240. The largest absolute Gasteiger partial charge is 0.456 e. The number of benzene rings is 8. The van der Waals surface area contributed by atoms with Gasteiger partial charge >= 0.3 is 0 Å². The molecule has 0 radical (unpaired) electrons. The fourth-order valence-corrected chi connectivity index (χ4v) is 8.82. The number of hydrogen-bond donors (Lipinski definition) is 0. The predicted molar refractivity (Wildman–Crippen MR) is 233 cm³/mol. The number of aromatic nitrogens is 3. The van der Waals surface area contributed by atoms with Gasteiger partial charge in [-0.2, -0.15) is 0 Å². The van der Waals surface area contributed by atoms with Gasteiger partial charge in [0.05, 0.1) is 0 Å². The number of hydrogen-bond acceptors (Lipinski definition) is 5. The highest BCUT2D eigenvalue weighted by atomic mass is 32.1. The first kappa shape index (κ1) is 32.2. The third-order valence-electron chi connectivity index (χ3n) is 10.6. The van der Waals surface area contributed by atoms with Gasteiger partial charge in [0.1, 0.15) is 11.2 Å². The third kappa shape index (κ3) is 5.74. The molecule has 0 N–H and O–H groups in total. The lowest BCUT2D eigenvalue weighted by Gasteiger charge is -2.09. The zero-order valence-corrected chi connectivity index (χ0v) is 30.9. The van der Waals surface area contributed by atoms with Crippen LogP contribution in [0.5, 0.6) is 0 Å². The molecule has 4 nitrogen and oxygen atoms in total. The molecule has 0 aliphatic carbocycles. The molecule has 3 heterocycles. The third-order valence-corrected chi connectivity index (χ3v) is 11.7. The van der Waals surface area contributed by atoms with Crippen LogP contribution < -0.4 is 0 Å². The van der Waals surface area contributed by atoms with Crippen molar-refractivity contribution in [2.45, 2.75) is 0 Å². The molecule has 0 atom stereocenters. The molecule has 0 aliphatic heterocycles. The van der Waals surface area contributed by atoms with Crippen LogP contribution in [0.25, 0.3) is 110 Å². The van der Waals surface area contributed by atoms with Gasteiger partial charge < -0.3 is 4.42 Å². The molecule has 0 aliphatic rings. The van der Waals surface area contributed by atoms with Crippen LogP contribution in [0, 0.1) is 0 Å². The van der Waals surface area contributed by atoms with E-state index in [4.69, 9.17) is 19.4 Å². The van der Waals surface area contributed by atoms with Crippen LogP contribution in [0.2, 0.25) is 0 Å². The van der Waals surface area contributed by atoms with Gasteiger partial charge in [-0.1, -0.05) is 146 Å². The summed E-state index contributed by atoms with van der Waals surface area (Å²) in [6, 6.07) is 65.8. The Labute approximate surface area is 327 Å². The van der Waals surface area contributed by atoms with Crippen LogP contribution in [0.15, 0.2) is 192 Å². The minimum absolute atomic E-state index is 0.592. The maximum Gasteiger partial charge on any atom is 0.164 e. The van der Waals surface area contributed by atoms with E-state index < -0.39 is 0 Å². The molecule has 11 rings (SSSR count). The normalized spacial score (nSPS) is 11.6. The summed E-state index contributed by atoms with van der Waals surface area (Å²) in [7, 11) is 0. The molecule has 0 fully saturated rings. The minimum Gasteiger partial charge on any atom is -0.456 e. The summed E-state index contributed by atoms with van der Waals surface area (Å²) in [5, 5.41) is 4.75. The average molecular weight is 734 g/mol. The molecule has 56 heavy (non-hydrogen) atoms. The number of rotatable bonds is 6. The van der Waals surface area contributed by atoms with E-state index in [0.29, 0.717) is 17.5 Å². The van der Waals surface area contributed by atoms with Crippen molar-refractivity contribution in [1.82, 2.24) is 15.0 Å². The van der Waals surface area contributed by atoms with Crippen LogP contribution in [-0.2, 0) is 0 Å². The topological polar surface area (TPSA) is 51.8 Å². The fraction of sp³-hybridized carbons (Fsp3) is 0. The first-order chi connectivity index (χ1) is 27.7. The predicted octanol–water partition coefficient (Wildman–Crippen LogP) is 14.1. The first-order valence-electron chi connectivity index (χ1n) is 18.7. The van der Waals surface area contributed by atoms with Crippen molar-refractivity contribution in [3.05, 3.63) is 188 Å². The van der Waals surface area contributed by atoms with E-state index in [-0.39, 0.29) is 0 Å². The van der Waals surface area contributed by atoms with E-state index in [0.717, 1.165) is 55.3 Å². The number of nitrogens with zero attached hydrogens (tertiary/aromatic N) is 3. The molecule has 0 unspecified atom stereocenters. The van der Waals surface area contributed by atoms with E-state index in [1.54, 1.807) is 0 Å². The lowest BCUT2D eigenvalue weighted by molar-refractivity contribution is 0.669. The smallest absolute Gasteiger partial charge is 0.164 e. The Morgan fingerprint density at radius 1 is 0.286 bits per heavy atom. The number of thiophene rings is 1. The van der Waals surface area contributed by atoms with Crippen LogP contribution in [-0.4, -0.2) is 15.0 Å². The van der Waals surface area contributed by atoms with Crippen molar-refractivity contribution in [3.8, 4) is 67.5 Å². The second-order valence-corrected chi connectivity index (χ2v) is 15.1. The standard InChI is InChI=1S/C51H31N3OS/c1-3-10-32(11-4-1)33-18-20-35(21-19-33)50-52-49(34-12-5-2-6-13-34)53-51(54-50)40-23-25-41-44-29-38(24-27-45(44)55-46(41)30-40)36-14-9-15-37(28-36)39-22-26-43-42-16-7-8-17-47(42)56-48(43)31-39/h1-31H. The quantitative estimate of drug-likeness (QED) is 0.171. The zero-order valence-electron chi connectivity index (χ0n) is 30.1. The zero-order chi connectivity index (χ0) is 37.0. The van der Waals surface area contributed by atoms with Gasteiger partial charge in [-0.15, -0.1) is 11.3 Å². The molecule has 0 saturated carbocycles. The molecule has 5 heteroatoms. The van der Waals surface area contributed by atoms with Crippen molar-refractivity contribution in [3.63, 3.8) is 0 Å². The highest BCUT2D eigenvalue weighted by Gasteiger charge is 2.16. The Morgan fingerprint density at radius 3 is 1.55 bits per heavy atom. The van der Waals surface area contributed by atoms with Crippen LogP contribution in [0.3, 0.4) is 0 Å². The molecular weight excluding hydrogens is 703 g/mol. The van der Waals surface area contributed by atoms with Crippen LogP contribution >= 0.6 is 11.3 Å². The molecular formula is C51H31N3OS. The van der Waals surface area contributed by atoms with Crippen molar-refractivity contribution < 1.29 is 4.42 Å². The average Bonchev–Trinajstić information content (AvgIpc) is 3.84. The second kappa shape index (κ2) is 13.3. The van der Waals surface area contributed by atoms with E-state index in [9.17, 15) is 0 Å². The molecule has 0 spiro atoms. The number of fused-ring (bicyclic) bond motifs is 6. The van der Waals surface area contributed by atoms with E-state index in [1.807, 2.05) is 53.8 Å². The second-order valence-electron chi connectivity index (χ2n) is 14.0. The Balaban J connectivity index is 0.951. The van der Waals surface area contributed by atoms with Gasteiger partial charge in [-0.3, -0.25) is 0 Å². The van der Waals surface area contributed by atoms with E-state index >= 15 is 0 Å². The fourth-order valence-electron chi connectivity index (χ4n) is 7.67. The summed E-state index contributed by atoms with van der Waals surface area (Å²) in [4.78, 5) is 14.9. The summed E-state index contributed by atoms with van der Waals surface area (Å²) in [5.41, 5.74) is 11.4. The van der Waals surface area contributed by atoms with Crippen molar-refractivity contribution in [2.75, 3.05) is 0 Å². The summed E-state index contributed by atoms with van der Waals surface area (Å²) in [6.07, 6.45) is 0. The van der Waals surface area contributed by atoms with Crippen LogP contribution in [0.4, 0.5) is 0 Å². The molecule has 0 bridgehead atoms. The maximum atomic E-state index is 6.48. The highest BCUT2D eigenvalue weighted by molar-refractivity contribution is 7.25. The lowest BCUT2D eigenvalue weighted by atomic mass is 9.97. The minimum atomic E-state index is 0.592. The van der Waals surface area contributed by atoms with Gasteiger partial charge in [0.15, 0.2) is 17.5 Å². The van der Waals surface area contributed by atoms with Gasteiger partial charge in [-0.25, -0.2) is 15.0 Å². The van der Waals surface area contributed by atoms with Crippen molar-refractivity contribution >= 4 is 53.4 Å². The van der Waals surface area contributed by atoms with Crippen molar-refractivity contribution in [2.24, 2.45) is 0 Å². The monoisotopic (exact) mass is 733 g/mol. The summed E-state index contributed by atoms with van der Waals surface area (Å²) < 4.78 is 9.11. The summed E-state index contributed by atoms with van der Waals surface area (Å²) >= 11 is 1.85. The molecule has 11 aromatic rings. The molecule has 0 saturated heterocycles. The summed E-state index contributed by atoms with van der Waals surface area (Å²) in [5.74, 6) is 1.83. The first-order valence-corrected chi connectivity index (χ1v) is 19.5. The molecule has 8 aromatic carbocycles. The lowest BCUT2D eigenvalue weighted by Crippen LogP contribution is -2.00. The molecule has 3 aromatic heterocycles. The number of furan rings is 1. The molecule has 0 amide bonds. The van der Waals surface area contributed by atoms with Gasteiger partial charge in [0.2, 0.25) is 0 Å². The Kier molecular flexibility index (Phi) is 7.64. The highest BCUT2D eigenvalue weighted by Crippen LogP contribution is 2.39. The SMILES string of the molecule is c1ccc(-c2ccc(-c3nc(-c4ccccc4)nc(-c4ccc5c(c4)oc4ccc(-c6cccc(-c7ccc8c(c7)sc7ccccc78)c6)cc45)n3)cc2)cc1. The Morgan fingerprint density at radius 2 is 0.786 bits per heavy atom. The maximum absolute atomic E-state index is 6.48.